The normalized spacial score (nSPS) is 16.5. The first-order valence-electron chi connectivity index (χ1n) is 8.02. The number of amides is 2. The Bertz CT molecular complexity index is 587. The number of carbonyl (C=O) groups excluding carboxylic acids is 2. The monoisotopic (exact) mass is 382 g/mol. The number of hydrogen-bond acceptors (Lipinski definition) is 2. The number of benzene rings is 1. The molecule has 0 aromatic heterocycles. The molecule has 1 aliphatic carbocycles. The van der Waals surface area contributed by atoms with Gasteiger partial charge in [-0.05, 0) is 56.4 Å². The molecule has 1 unspecified atom stereocenters. The van der Waals surface area contributed by atoms with Crippen LogP contribution in [0.1, 0.15) is 25.3 Å². The van der Waals surface area contributed by atoms with Crippen molar-refractivity contribution in [3.8, 4) is 0 Å². The van der Waals surface area contributed by atoms with Crippen molar-refractivity contribution in [3.63, 3.8) is 0 Å². The van der Waals surface area contributed by atoms with Crippen molar-refractivity contribution >= 4 is 33.4 Å². The Balaban J connectivity index is 1.76. The highest BCUT2D eigenvalue weighted by molar-refractivity contribution is 9.10. The van der Waals surface area contributed by atoms with E-state index in [1.54, 1.807) is 0 Å². The van der Waals surface area contributed by atoms with Crippen molar-refractivity contribution in [2.24, 2.45) is 5.92 Å². The molecule has 0 spiro atoms. The molecule has 1 aliphatic rings. The first-order valence-corrected chi connectivity index (χ1v) is 8.81. The summed E-state index contributed by atoms with van der Waals surface area (Å²) in [6.45, 7) is 4.57. The zero-order valence-electron chi connectivity index (χ0n) is 13.9. The van der Waals surface area contributed by atoms with Gasteiger partial charge in [-0.1, -0.05) is 15.9 Å². The SMILES string of the molecule is Cc1cc(Br)ccc1NC(=O)C[NH+](C)CC(=O)N[C@@H](C)C1CC1. The Morgan fingerprint density at radius 2 is 1.96 bits per heavy atom. The molecule has 5 nitrogen and oxygen atoms in total. The lowest BCUT2D eigenvalue weighted by atomic mass is 10.2. The number of hydrogen-bond donors (Lipinski definition) is 3. The van der Waals surface area contributed by atoms with Crippen LogP contribution >= 0.6 is 15.9 Å². The minimum Gasteiger partial charge on any atom is -0.348 e. The van der Waals surface area contributed by atoms with Crippen molar-refractivity contribution in [1.82, 2.24) is 5.32 Å². The van der Waals surface area contributed by atoms with Crippen molar-refractivity contribution in [2.75, 3.05) is 25.5 Å². The van der Waals surface area contributed by atoms with Gasteiger partial charge in [-0.25, -0.2) is 0 Å². The topological polar surface area (TPSA) is 62.6 Å². The number of halogens is 1. The second-order valence-corrected chi connectivity index (χ2v) is 7.43. The largest absolute Gasteiger partial charge is 0.348 e. The van der Waals surface area contributed by atoms with Gasteiger partial charge in [0.25, 0.3) is 11.8 Å². The minimum absolute atomic E-state index is 0.00882. The summed E-state index contributed by atoms with van der Waals surface area (Å²) in [5.41, 5.74) is 1.80. The van der Waals surface area contributed by atoms with Crippen LogP contribution in [0.5, 0.6) is 0 Å². The van der Waals surface area contributed by atoms with E-state index < -0.39 is 0 Å². The van der Waals surface area contributed by atoms with E-state index in [0.717, 1.165) is 20.6 Å². The van der Waals surface area contributed by atoms with E-state index in [0.29, 0.717) is 12.5 Å². The van der Waals surface area contributed by atoms with Crippen LogP contribution in [-0.4, -0.2) is 38.0 Å². The quantitative estimate of drug-likeness (QED) is 0.661. The summed E-state index contributed by atoms with van der Waals surface area (Å²) in [6.07, 6.45) is 2.41. The van der Waals surface area contributed by atoms with E-state index in [2.05, 4.69) is 26.6 Å². The maximum absolute atomic E-state index is 12.1. The predicted octanol–water partition coefficient (Wildman–Crippen LogP) is 1.13. The van der Waals surface area contributed by atoms with Crippen LogP contribution in [0.3, 0.4) is 0 Å². The number of carbonyl (C=O) groups is 2. The third-order valence-electron chi connectivity index (χ3n) is 4.10. The van der Waals surface area contributed by atoms with E-state index in [1.807, 2.05) is 39.1 Å². The summed E-state index contributed by atoms with van der Waals surface area (Å²) >= 11 is 3.40. The molecule has 0 radical (unpaired) electrons. The van der Waals surface area contributed by atoms with Crippen LogP contribution in [0, 0.1) is 12.8 Å². The summed E-state index contributed by atoms with van der Waals surface area (Å²) in [7, 11) is 1.86. The lowest BCUT2D eigenvalue weighted by Crippen LogP contribution is -3.11. The maximum atomic E-state index is 12.1. The van der Waals surface area contributed by atoms with E-state index in [4.69, 9.17) is 0 Å². The molecule has 0 saturated heterocycles. The van der Waals surface area contributed by atoms with Crippen molar-refractivity contribution < 1.29 is 14.5 Å². The van der Waals surface area contributed by atoms with Crippen LogP contribution < -0.4 is 15.5 Å². The molecule has 2 rings (SSSR count). The van der Waals surface area contributed by atoms with Crippen LogP contribution in [0.25, 0.3) is 0 Å². The molecule has 3 N–H and O–H groups in total. The highest BCUT2D eigenvalue weighted by atomic mass is 79.9. The maximum Gasteiger partial charge on any atom is 0.279 e. The molecule has 1 aromatic carbocycles. The standard InChI is InChI=1S/C17H24BrN3O2/c1-11-8-14(18)6-7-15(11)20-17(23)10-21(3)9-16(22)19-12(2)13-4-5-13/h6-8,12-13H,4-5,9-10H2,1-3H3,(H,19,22)(H,20,23)/p+1/t12-/m0/s1. The lowest BCUT2D eigenvalue weighted by molar-refractivity contribution is -0.862. The van der Waals surface area contributed by atoms with Gasteiger partial charge in [0.15, 0.2) is 13.1 Å². The van der Waals surface area contributed by atoms with Crippen LogP contribution in [-0.2, 0) is 9.59 Å². The smallest absolute Gasteiger partial charge is 0.279 e. The van der Waals surface area contributed by atoms with Crippen molar-refractivity contribution in [1.29, 1.82) is 0 Å². The second kappa shape index (κ2) is 7.93. The average Bonchev–Trinajstić information content (AvgIpc) is 3.25. The van der Waals surface area contributed by atoms with Crippen molar-refractivity contribution in [3.05, 3.63) is 28.2 Å². The minimum atomic E-state index is -0.0871. The molecular formula is C17H25BrN3O2+. The fourth-order valence-corrected chi connectivity index (χ4v) is 3.07. The molecule has 1 fully saturated rings. The summed E-state index contributed by atoms with van der Waals surface area (Å²) < 4.78 is 0.984. The van der Waals surface area contributed by atoms with Gasteiger partial charge in [-0.15, -0.1) is 0 Å². The number of anilines is 1. The summed E-state index contributed by atoms with van der Waals surface area (Å²) in [5, 5.41) is 5.91. The van der Waals surface area contributed by atoms with Crippen LogP contribution in [0.4, 0.5) is 5.69 Å². The second-order valence-electron chi connectivity index (χ2n) is 6.51. The fourth-order valence-electron chi connectivity index (χ4n) is 2.59. The third kappa shape index (κ3) is 5.95. The molecule has 126 valence electrons. The van der Waals surface area contributed by atoms with Gasteiger partial charge in [0.1, 0.15) is 0 Å². The third-order valence-corrected chi connectivity index (χ3v) is 4.60. The molecule has 0 aliphatic heterocycles. The summed E-state index contributed by atoms with van der Waals surface area (Å²) in [4.78, 5) is 24.9. The number of rotatable bonds is 7. The van der Waals surface area contributed by atoms with Gasteiger partial charge < -0.3 is 15.5 Å². The first kappa shape index (κ1) is 17.9. The summed E-state index contributed by atoms with van der Waals surface area (Å²) in [5.74, 6) is 0.563. The highest BCUT2D eigenvalue weighted by Gasteiger charge is 2.29. The van der Waals surface area contributed by atoms with Gasteiger partial charge in [0.2, 0.25) is 0 Å². The molecular weight excluding hydrogens is 358 g/mol. The molecule has 2 amide bonds. The number of aryl methyl sites for hydroxylation is 1. The lowest BCUT2D eigenvalue weighted by Gasteiger charge is -2.17. The Kier molecular flexibility index (Phi) is 6.18. The van der Waals surface area contributed by atoms with Gasteiger partial charge in [-0.2, -0.15) is 0 Å². The fraction of sp³-hybridized carbons (Fsp3) is 0.529. The Morgan fingerprint density at radius 1 is 1.30 bits per heavy atom. The molecule has 23 heavy (non-hydrogen) atoms. The molecule has 1 aromatic rings. The van der Waals surface area contributed by atoms with Crippen LogP contribution in [0.15, 0.2) is 22.7 Å². The molecule has 0 heterocycles. The molecule has 2 atom stereocenters. The van der Waals surface area contributed by atoms with E-state index in [-0.39, 0.29) is 24.4 Å². The van der Waals surface area contributed by atoms with E-state index >= 15 is 0 Å². The zero-order valence-corrected chi connectivity index (χ0v) is 15.5. The number of likely N-dealkylation sites (N-methyl/N-ethyl adjacent to an activating group) is 1. The molecule has 1 saturated carbocycles. The predicted molar refractivity (Wildman–Crippen MR) is 94.5 cm³/mol. The Hall–Kier alpha value is -1.40. The summed E-state index contributed by atoms with van der Waals surface area (Å²) in [6, 6.07) is 5.97. The number of nitrogens with one attached hydrogen (secondary N) is 3. The highest BCUT2D eigenvalue weighted by Crippen LogP contribution is 2.32. The average molecular weight is 383 g/mol. The number of quaternary nitrogens is 1. The van der Waals surface area contributed by atoms with Gasteiger partial charge >= 0.3 is 0 Å². The van der Waals surface area contributed by atoms with E-state index in [1.165, 1.54) is 12.8 Å². The Labute approximate surface area is 145 Å². The Morgan fingerprint density at radius 3 is 2.57 bits per heavy atom. The molecule has 0 bridgehead atoms. The molecule has 6 heteroatoms. The zero-order chi connectivity index (χ0) is 17.0. The van der Waals surface area contributed by atoms with Crippen molar-refractivity contribution in [2.45, 2.75) is 32.7 Å². The van der Waals surface area contributed by atoms with Crippen LogP contribution in [0.2, 0.25) is 0 Å². The van der Waals surface area contributed by atoms with E-state index in [9.17, 15) is 9.59 Å². The van der Waals surface area contributed by atoms with Gasteiger partial charge in [-0.3, -0.25) is 9.59 Å². The van der Waals surface area contributed by atoms with Gasteiger partial charge in [0.05, 0.1) is 7.05 Å². The van der Waals surface area contributed by atoms with Gasteiger partial charge in [0, 0.05) is 16.2 Å². The first-order chi connectivity index (χ1) is 10.8.